The lowest BCUT2D eigenvalue weighted by atomic mass is 10.0. The van der Waals surface area contributed by atoms with E-state index in [1.807, 2.05) is 20.8 Å². The number of nitrogens with one attached hydrogen (secondary N) is 3. The fourth-order valence-electron chi connectivity index (χ4n) is 2.48. The summed E-state index contributed by atoms with van der Waals surface area (Å²) in [4.78, 5) is 25.0. The first-order valence-electron chi connectivity index (χ1n) is 8.43. The second-order valence-corrected chi connectivity index (χ2v) is 6.96. The van der Waals surface area contributed by atoms with E-state index >= 15 is 0 Å². The Kier molecular flexibility index (Phi) is 8.33. The highest BCUT2D eigenvalue weighted by Crippen LogP contribution is 2.10. The van der Waals surface area contributed by atoms with Crippen molar-refractivity contribution in [2.45, 2.75) is 51.7 Å². The van der Waals surface area contributed by atoms with Crippen LogP contribution in [0.4, 0.5) is 4.79 Å². The van der Waals surface area contributed by atoms with Crippen molar-refractivity contribution >= 4 is 12.0 Å². The molecule has 1 rings (SSSR count). The predicted molar refractivity (Wildman–Crippen MR) is 90.4 cm³/mol. The molecule has 0 aliphatic carbocycles. The average Bonchev–Trinajstić information content (AvgIpc) is 2.46. The van der Waals surface area contributed by atoms with Crippen LogP contribution in [0.15, 0.2) is 0 Å². The normalized spacial score (nSPS) is 16.9. The van der Waals surface area contributed by atoms with Gasteiger partial charge in [0.2, 0.25) is 5.91 Å². The van der Waals surface area contributed by atoms with Gasteiger partial charge in [0.15, 0.2) is 0 Å². The number of ether oxygens (including phenoxy) is 1. The lowest BCUT2D eigenvalue weighted by Crippen LogP contribution is -2.46. The number of alkyl carbamates (subject to hydrolysis) is 1. The van der Waals surface area contributed by atoms with E-state index in [2.05, 4.69) is 20.9 Å². The number of likely N-dealkylation sites (tertiary alicyclic amines) is 1. The molecule has 0 aromatic heterocycles. The number of carbonyl (C=O) groups excluding carboxylic acids is 2. The van der Waals surface area contributed by atoms with E-state index in [-0.39, 0.29) is 12.0 Å². The molecule has 0 radical (unpaired) electrons. The Balaban J connectivity index is 2.03. The van der Waals surface area contributed by atoms with Crippen LogP contribution >= 0.6 is 0 Å². The smallest absolute Gasteiger partial charge is 0.407 e. The monoisotopic (exact) mass is 328 g/mol. The van der Waals surface area contributed by atoms with Gasteiger partial charge in [-0.3, -0.25) is 9.69 Å². The molecule has 134 valence electrons. The molecule has 1 fully saturated rings. The molecule has 7 nitrogen and oxygen atoms in total. The Bertz CT molecular complexity index is 374. The summed E-state index contributed by atoms with van der Waals surface area (Å²) >= 11 is 0. The molecule has 0 bridgehead atoms. The van der Waals surface area contributed by atoms with E-state index in [0.29, 0.717) is 19.1 Å². The summed E-state index contributed by atoms with van der Waals surface area (Å²) in [5.41, 5.74) is -0.453. The Labute approximate surface area is 139 Å². The van der Waals surface area contributed by atoms with Crippen LogP contribution in [0.1, 0.15) is 40.0 Å². The molecule has 0 aromatic rings. The molecule has 1 aliphatic rings. The van der Waals surface area contributed by atoms with Gasteiger partial charge in [-0.2, -0.15) is 0 Å². The zero-order valence-corrected chi connectivity index (χ0v) is 14.9. The summed E-state index contributed by atoms with van der Waals surface area (Å²) in [5.74, 6) is 0.0737. The van der Waals surface area contributed by atoms with Crippen LogP contribution in [-0.4, -0.2) is 68.3 Å². The molecule has 0 unspecified atom stereocenters. The number of piperidine rings is 1. The third-order valence-corrected chi connectivity index (χ3v) is 3.69. The number of hydrogen-bond acceptors (Lipinski definition) is 5. The molecule has 0 saturated carbocycles. The lowest BCUT2D eigenvalue weighted by molar-refractivity contribution is -0.122. The maximum absolute atomic E-state index is 11.5. The van der Waals surface area contributed by atoms with Crippen molar-refractivity contribution in [2.75, 3.05) is 39.8 Å². The van der Waals surface area contributed by atoms with Gasteiger partial charge in [-0.15, -0.1) is 0 Å². The van der Waals surface area contributed by atoms with E-state index in [1.165, 1.54) is 0 Å². The van der Waals surface area contributed by atoms with Gasteiger partial charge in [-0.25, -0.2) is 4.79 Å². The topological polar surface area (TPSA) is 82.7 Å². The third kappa shape index (κ3) is 9.40. The zero-order valence-electron chi connectivity index (χ0n) is 14.9. The highest BCUT2D eigenvalue weighted by molar-refractivity contribution is 5.77. The fourth-order valence-corrected chi connectivity index (χ4v) is 2.48. The average molecular weight is 328 g/mol. The van der Waals surface area contributed by atoms with Crippen LogP contribution in [0.5, 0.6) is 0 Å². The fraction of sp³-hybridized carbons (Fsp3) is 0.875. The van der Waals surface area contributed by atoms with Crippen molar-refractivity contribution in [3.8, 4) is 0 Å². The molecular formula is C16H32N4O3. The molecule has 23 heavy (non-hydrogen) atoms. The van der Waals surface area contributed by atoms with Crippen LogP contribution in [0.25, 0.3) is 0 Å². The molecule has 7 heteroatoms. The number of hydrogen-bond donors (Lipinski definition) is 3. The van der Waals surface area contributed by atoms with E-state index in [0.717, 1.165) is 38.9 Å². The molecule has 1 aliphatic heterocycles. The van der Waals surface area contributed by atoms with Crippen molar-refractivity contribution < 1.29 is 14.3 Å². The molecule has 0 atom stereocenters. The number of nitrogens with zero attached hydrogens (tertiary/aromatic N) is 1. The van der Waals surface area contributed by atoms with Gasteiger partial charge in [-0.1, -0.05) is 0 Å². The standard InChI is InChI=1S/C16H32N4O3/c1-16(2,3)23-15(22)19-9-5-8-18-13-6-10-20(11-7-13)12-14(21)17-4/h13,18H,5-12H2,1-4H3,(H,17,21)(H,19,22). The third-order valence-electron chi connectivity index (χ3n) is 3.69. The Morgan fingerprint density at radius 1 is 1.17 bits per heavy atom. The van der Waals surface area contributed by atoms with Gasteiger partial charge < -0.3 is 20.7 Å². The van der Waals surface area contributed by atoms with E-state index in [4.69, 9.17) is 4.74 Å². The molecule has 1 heterocycles. The van der Waals surface area contributed by atoms with E-state index in [1.54, 1.807) is 7.05 Å². The van der Waals surface area contributed by atoms with Crippen molar-refractivity contribution in [3.63, 3.8) is 0 Å². The van der Waals surface area contributed by atoms with Gasteiger partial charge in [0.1, 0.15) is 5.60 Å². The first-order valence-corrected chi connectivity index (χ1v) is 8.43. The highest BCUT2D eigenvalue weighted by Gasteiger charge is 2.20. The Morgan fingerprint density at radius 3 is 2.39 bits per heavy atom. The molecule has 1 saturated heterocycles. The van der Waals surface area contributed by atoms with Crippen LogP contribution in [0.2, 0.25) is 0 Å². The summed E-state index contributed by atoms with van der Waals surface area (Å²) in [6.07, 6.45) is 2.62. The number of carbonyl (C=O) groups is 2. The summed E-state index contributed by atoms with van der Waals surface area (Å²) < 4.78 is 5.18. The van der Waals surface area contributed by atoms with E-state index in [9.17, 15) is 9.59 Å². The van der Waals surface area contributed by atoms with E-state index < -0.39 is 5.60 Å². The second-order valence-electron chi connectivity index (χ2n) is 6.96. The quantitative estimate of drug-likeness (QED) is 0.599. The van der Waals surface area contributed by atoms with Crippen molar-refractivity contribution in [2.24, 2.45) is 0 Å². The minimum atomic E-state index is -0.453. The second kappa shape index (κ2) is 9.72. The molecule has 2 amide bonds. The minimum Gasteiger partial charge on any atom is -0.444 e. The molecule has 0 aromatic carbocycles. The van der Waals surface area contributed by atoms with Crippen molar-refractivity contribution in [1.29, 1.82) is 0 Å². The summed E-state index contributed by atoms with van der Waals surface area (Å²) in [5, 5.41) is 8.92. The van der Waals surface area contributed by atoms with Gasteiger partial charge in [-0.05, 0) is 46.6 Å². The van der Waals surface area contributed by atoms with Crippen LogP contribution in [0, 0.1) is 0 Å². The zero-order chi connectivity index (χ0) is 17.3. The number of amides is 2. The van der Waals surface area contributed by atoms with Gasteiger partial charge in [0, 0.05) is 32.7 Å². The van der Waals surface area contributed by atoms with Gasteiger partial charge in [0.25, 0.3) is 0 Å². The minimum absolute atomic E-state index is 0.0737. The maximum Gasteiger partial charge on any atom is 0.407 e. The van der Waals surface area contributed by atoms with Crippen molar-refractivity contribution in [3.05, 3.63) is 0 Å². The van der Waals surface area contributed by atoms with Crippen LogP contribution < -0.4 is 16.0 Å². The largest absolute Gasteiger partial charge is 0.444 e. The van der Waals surface area contributed by atoms with Gasteiger partial charge >= 0.3 is 6.09 Å². The van der Waals surface area contributed by atoms with Crippen molar-refractivity contribution in [1.82, 2.24) is 20.9 Å². The SMILES string of the molecule is CNC(=O)CN1CCC(NCCCNC(=O)OC(C)(C)C)CC1. The predicted octanol–water partition coefficient (Wildman–Crippen LogP) is 0.701. The highest BCUT2D eigenvalue weighted by atomic mass is 16.6. The van der Waals surface area contributed by atoms with Crippen LogP contribution in [0.3, 0.4) is 0 Å². The Morgan fingerprint density at radius 2 is 1.83 bits per heavy atom. The summed E-state index contributed by atoms with van der Waals surface area (Å²) in [6.45, 7) is 9.42. The molecule has 3 N–H and O–H groups in total. The molecular weight excluding hydrogens is 296 g/mol. The first kappa shape index (κ1) is 19.7. The Hall–Kier alpha value is -1.34. The van der Waals surface area contributed by atoms with Crippen LogP contribution in [-0.2, 0) is 9.53 Å². The van der Waals surface area contributed by atoms with Gasteiger partial charge in [0.05, 0.1) is 6.54 Å². The first-order chi connectivity index (χ1) is 10.8. The summed E-state index contributed by atoms with van der Waals surface area (Å²) in [7, 11) is 1.67. The lowest BCUT2D eigenvalue weighted by Gasteiger charge is -2.31. The summed E-state index contributed by atoms with van der Waals surface area (Å²) in [6, 6.07) is 0.498. The maximum atomic E-state index is 11.5. The number of likely N-dealkylation sites (N-methyl/N-ethyl adjacent to an activating group) is 1. The molecule has 0 spiro atoms. The number of rotatable bonds is 7.